The molecule has 3 aliphatic rings. The fourth-order valence-electron chi connectivity index (χ4n) is 7.56. The van der Waals surface area contributed by atoms with Crippen molar-refractivity contribution in [2.45, 2.75) is 84.5 Å². The predicted octanol–water partition coefficient (Wildman–Crippen LogP) is 7.40. The predicted molar refractivity (Wildman–Crippen MR) is 178 cm³/mol. The summed E-state index contributed by atoms with van der Waals surface area (Å²) in [7, 11) is 0. The van der Waals surface area contributed by atoms with Crippen LogP contribution in [-0.4, -0.2) is 70.8 Å². The van der Waals surface area contributed by atoms with Gasteiger partial charge in [0.05, 0.1) is 32.8 Å². The van der Waals surface area contributed by atoms with Crippen molar-refractivity contribution < 1.29 is 22.3 Å². The Morgan fingerprint density at radius 3 is 2.47 bits per heavy atom. The number of nitrogens with zero attached hydrogens (tertiary/aromatic N) is 5. The third-order valence-electron chi connectivity index (χ3n) is 10.2. The number of halogens is 5. The van der Waals surface area contributed by atoms with Gasteiger partial charge in [-0.2, -0.15) is 23.1 Å². The molecule has 2 aromatic heterocycles. The van der Waals surface area contributed by atoms with Crippen LogP contribution in [0, 0.1) is 12.7 Å². The van der Waals surface area contributed by atoms with Crippen molar-refractivity contribution in [3.05, 3.63) is 39.2 Å². The normalized spacial score (nSPS) is 19.8. The van der Waals surface area contributed by atoms with Gasteiger partial charge in [0.1, 0.15) is 23.8 Å². The Balaban J connectivity index is 1.65. The number of anilines is 2. The highest BCUT2D eigenvalue weighted by atomic mass is 35.5. The summed E-state index contributed by atoms with van der Waals surface area (Å²) in [6.45, 7) is 13.1. The smallest absolute Gasteiger partial charge is 0.418 e. The second-order valence-corrected chi connectivity index (χ2v) is 13.7. The Morgan fingerprint density at radius 2 is 1.83 bits per heavy atom. The molecule has 3 aliphatic heterocycles. The van der Waals surface area contributed by atoms with Crippen molar-refractivity contribution in [2.75, 3.05) is 50.0 Å². The number of benzene rings is 1. The van der Waals surface area contributed by atoms with Crippen molar-refractivity contribution >= 4 is 39.7 Å². The van der Waals surface area contributed by atoms with Crippen LogP contribution in [0.15, 0.2) is 11.6 Å². The van der Waals surface area contributed by atoms with E-state index in [9.17, 15) is 13.2 Å². The molecule has 8 nitrogen and oxygen atoms in total. The Morgan fingerprint density at radius 1 is 1.13 bits per heavy atom. The molecule has 0 saturated carbocycles. The average molecular weight is 676 g/mol. The van der Waals surface area contributed by atoms with Gasteiger partial charge in [-0.25, -0.2) is 9.37 Å². The standard InChI is InChI=1S/C34H42ClF4N7O/c1-6-21-16-45(14-11-41-21)31-24-23(20(5)18(2)3)27(35)25(29-26(34(37,38)39)19(4)15-22(40)42-29)28(36)30(24)43-32(44-31)47-17-33-9-7-12-46(33)13-8-10-33/h15,21,41H,6-14,16-17H2,1-5H3,(H2,40,42)/t21-/m1/s1. The number of piperazine rings is 1. The van der Waals surface area contributed by atoms with Gasteiger partial charge in [-0.05, 0) is 90.1 Å². The number of aryl methyl sites for hydroxylation is 1. The third-order valence-corrected chi connectivity index (χ3v) is 10.6. The van der Waals surface area contributed by atoms with E-state index < -0.39 is 28.8 Å². The first-order valence-corrected chi connectivity index (χ1v) is 16.7. The first kappa shape index (κ1) is 33.7. The lowest BCUT2D eigenvalue weighted by atomic mass is 9.92. The van der Waals surface area contributed by atoms with Gasteiger partial charge >= 0.3 is 12.2 Å². The van der Waals surface area contributed by atoms with Crippen LogP contribution in [0.5, 0.6) is 6.01 Å². The first-order chi connectivity index (χ1) is 22.3. The van der Waals surface area contributed by atoms with E-state index in [0.717, 1.165) is 56.8 Å². The minimum absolute atomic E-state index is 0.0204. The second kappa shape index (κ2) is 12.7. The SMILES string of the molecule is CC[C@@H]1CN(c2nc(OCC34CCCN3CCC4)nc3c(F)c(-c4nc(N)cc(C)c4C(F)(F)F)c(Cl)c(C(C)=C(C)C)c23)CCN1. The number of rotatable bonds is 7. The fraction of sp³-hybridized carbons (Fsp3) is 0.559. The van der Waals surface area contributed by atoms with E-state index in [1.807, 2.05) is 20.8 Å². The van der Waals surface area contributed by atoms with E-state index in [4.69, 9.17) is 27.1 Å². The average Bonchev–Trinajstić information content (AvgIpc) is 3.59. The number of hydrogen-bond acceptors (Lipinski definition) is 8. The Hall–Kier alpha value is -3.22. The molecular formula is C34H42ClF4N7O. The molecule has 3 aromatic rings. The number of allylic oxidation sites excluding steroid dienone is 2. The van der Waals surface area contributed by atoms with Crippen LogP contribution in [0.4, 0.5) is 29.2 Å². The summed E-state index contributed by atoms with van der Waals surface area (Å²) in [5.74, 6) is -0.777. The molecule has 0 bridgehead atoms. The van der Waals surface area contributed by atoms with E-state index in [2.05, 4.69) is 32.0 Å². The molecular weight excluding hydrogens is 634 g/mol. The zero-order chi connectivity index (χ0) is 33.8. The molecule has 5 heterocycles. The van der Waals surface area contributed by atoms with Crippen LogP contribution in [0.3, 0.4) is 0 Å². The van der Waals surface area contributed by atoms with Crippen molar-refractivity contribution in [1.82, 2.24) is 25.2 Å². The van der Waals surface area contributed by atoms with Gasteiger partial charge in [0, 0.05) is 31.2 Å². The number of nitrogens with one attached hydrogen (secondary N) is 1. The highest BCUT2D eigenvalue weighted by molar-refractivity contribution is 6.37. The van der Waals surface area contributed by atoms with Crippen LogP contribution in [0.2, 0.25) is 5.02 Å². The monoisotopic (exact) mass is 675 g/mol. The second-order valence-electron chi connectivity index (χ2n) is 13.4. The molecule has 0 aliphatic carbocycles. The Kier molecular flexibility index (Phi) is 9.08. The minimum atomic E-state index is -4.86. The zero-order valence-electron chi connectivity index (χ0n) is 27.5. The summed E-state index contributed by atoms with van der Waals surface area (Å²) in [4.78, 5) is 18.1. The minimum Gasteiger partial charge on any atom is -0.461 e. The molecule has 3 fully saturated rings. The van der Waals surface area contributed by atoms with Crippen molar-refractivity contribution in [3.63, 3.8) is 0 Å². The molecule has 1 aromatic carbocycles. The van der Waals surface area contributed by atoms with Crippen molar-refractivity contribution in [1.29, 1.82) is 0 Å². The van der Waals surface area contributed by atoms with Crippen LogP contribution in [-0.2, 0) is 6.18 Å². The summed E-state index contributed by atoms with van der Waals surface area (Å²) in [6, 6.07) is 1.26. The molecule has 0 amide bonds. The molecule has 3 N–H and O–H groups in total. The number of aromatic nitrogens is 3. The zero-order valence-corrected chi connectivity index (χ0v) is 28.3. The van der Waals surface area contributed by atoms with Gasteiger partial charge in [0.25, 0.3) is 0 Å². The summed E-state index contributed by atoms with van der Waals surface area (Å²) in [5.41, 5.74) is 5.07. The molecule has 13 heteroatoms. The van der Waals surface area contributed by atoms with E-state index in [1.54, 1.807) is 0 Å². The van der Waals surface area contributed by atoms with Crippen molar-refractivity contribution in [3.8, 4) is 17.3 Å². The van der Waals surface area contributed by atoms with E-state index in [-0.39, 0.29) is 39.5 Å². The number of hydrogen-bond donors (Lipinski definition) is 2. The summed E-state index contributed by atoms with van der Waals surface area (Å²) in [5, 5.41) is 3.62. The van der Waals surface area contributed by atoms with Gasteiger partial charge in [-0.1, -0.05) is 24.1 Å². The van der Waals surface area contributed by atoms with Crippen molar-refractivity contribution in [2.24, 2.45) is 0 Å². The number of pyridine rings is 1. The molecule has 3 saturated heterocycles. The Bertz CT molecular complexity index is 1730. The molecule has 6 rings (SSSR count). The van der Waals surface area contributed by atoms with Gasteiger partial charge < -0.3 is 20.7 Å². The van der Waals surface area contributed by atoms with Gasteiger partial charge in [-0.3, -0.25) is 4.90 Å². The topological polar surface area (TPSA) is 92.4 Å². The number of nitrogen functional groups attached to an aromatic ring is 1. The highest BCUT2D eigenvalue weighted by Crippen LogP contribution is 2.49. The van der Waals surface area contributed by atoms with Gasteiger partial charge in [0.15, 0.2) is 5.82 Å². The summed E-state index contributed by atoms with van der Waals surface area (Å²) < 4.78 is 67.2. The third kappa shape index (κ3) is 6.01. The number of ether oxygens (including phenoxy) is 1. The molecule has 1 atom stereocenters. The molecule has 0 unspecified atom stereocenters. The van der Waals surface area contributed by atoms with Crippen LogP contribution in [0.25, 0.3) is 27.7 Å². The quantitative estimate of drug-likeness (QED) is 0.250. The number of nitrogens with two attached hydrogens (primary N) is 1. The molecule has 254 valence electrons. The van der Waals surface area contributed by atoms with Crippen LogP contribution in [0.1, 0.15) is 76.5 Å². The highest BCUT2D eigenvalue weighted by Gasteiger charge is 2.45. The number of alkyl halides is 3. The van der Waals surface area contributed by atoms with E-state index in [0.29, 0.717) is 48.6 Å². The summed E-state index contributed by atoms with van der Waals surface area (Å²) in [6.07, 6.45) is 0.126. The lowest BCUT2D eigenvalue weighted by Crippen LogP contribution is -2.50. The fourth-order valence-corrected chi connectivity index (χ4v) is 7.97. The van der Waals surface area contributed by atoms with Crippen LogP contribution >= 0.6 is 11.6 Å². The lowest BCUT2D eigenvalue weighted by molar-refractivity contribution is -0.137. The van der Waals surface area contributed by atoms with Crippen LogP contribution < -0.4 is 20.7 Å². The summed E-state index contributed by atoms with van der Waals surface area (Å²) >= 11 is 7.06. The van der Waals surface area contributed by atoms with Gasteiger partial charge in [-0.15, -0.1) is 0 Å². The lowest BCUT2D eigenvalue weighted by Gasteiger charge is -2.35. The number of fused-ring (bicyclic) bond motifs is 2. The first-order valence-electron chi connectivity index (χ1n) is 16.3. The largest absolute Gasteiger partial charge is 0.461 e. The van der Waals surface area contributed by atoms with Gasteiger partial charge in [0.2, 0.25) is 0 Å². The maximum Gasteiger partial charge on any atom is 0.418 e. The molecule has 0 spiro atoms. The van der Waals surface area contributed by atoms with E-state index in [1.165, 1.54) is 6.92 Å². The molecule has 0 radical (unpaired) electrons. The maximum absolute atomic E-state index is 17.2. The van der Waals surface area contributed by atoms with E-state index >= 15 is 4.39 Å². The maximum atomic E-state index is 17.2. The molecule has 47 heavy (non-hydrogen) atoms. The Labute approximate surface area is 277 Å².